The predicted octanol–water partition coefficient (Wildman–Crippen LogP) is 2.26. The van der Waals surface area contributed by atoms with E-state index in [9.17, 15) is 0 Å². The molecule has 0 aliphatic carbocycles. The molecule has 0 aromatic rings. The van der Waals surface area contributed by atoms with Gasteiger partial charge in [-0.1, -0.05) is 26.7 Å². The molecule has 0 aromatic heterocycles. The number of hydrogen-bond acceptors (Lipinski definition) is 4. The minimum absolute atomic E-state index is 0.175. The third-order valence-corrected chi connectivity index (χ3v) is 1.87. The average molecular weight is 220 g/mol. The first-order valence-electron chi connectivity index (χ1n) is 5.78. The van der Waals surface area contributed by atoms with Crippen LogP contribution >= 0.6 is 0 Å². The lowest BCUT2D eigenvalue weighted by atomic mass is 10.3. The van der Waals surface area contributed by atoms with E-state index in [2.05, 4.69) is 6.92 Å². The minimum Gasteiger partial charge on any atom is -0.391 e. The van der Waals surface area contributed by atoms with Crippen molar-refractivity contribution in [1.29, 1.82) is 0 Å². The molecule has 0 fully saturated rings. The Kier molecular flexibility index (Phi) is 10.3. The summed E-state index contributed by atoms with van der Waals surface area (Å²) in [6, 6.07) is 0. The molecule has 1 N–H and O–H groups in total. The molecule has 0 rings (SSSR count). The van der Waals surface area contributed by atoms with E-state index in [-0.39, 0.29) is 12.9 Å². The molecule has 0 aliphatic rings. The lowest BCUT2D eigenvalue weighted by Crippen LogP contribution is -2.20. The Morgan fingerprint density at radius 1 is 1.20 bits per heavy atom. The molecule has 4 nitrogen and oxygen atoms in total. The lowest BCUT2D eigenvalue weighted by Gasteiger charge is -2.16. The number of ether oxygens (including phenoxy) is 1. The van der Waals surface area contributed by atoms with Crippen LogP contribution in [-0.2, 0) is 14.5 Å². The molecule has 0 amide bonds. The van der Waals surface area contributed by atoms with Gasteiger partial charge in [-0.25, -0.2) is 9.78 Å². The van der Waals surface area contributed by atoms with Gasteiger partial charge in [-0.2, -0.15) is 0 Å². The maximum Gasteiger partial charge on any atom is 0.190 e. The van der Waals surface area contributed by atoms with E-state index < -0.39 is 6.10 Å². The Morgan fingerprint density at radius 2 is 1.93 bits per heavy atom. The summed E-state index contributed by atoms with van der Waals surface area (Å²) >= 11 is 0. The van der Waals surface area contributed by atoms with Gasteiger partial charge in [0.15, 0.2) is 6.29 Å². The zero-order valence-electron chi connectivity index (χ0n) is 10.1. The van der Waals surface area contributed by atoms with Gasteiger partial charge >= 0.3 is 0 Å². The predicted molar refractivity (Wildman–Crippen MR) is 58.3 cm³/mol. The van der Waals surface area contributed by atoms with Gasteiger partial charge in [0.1, 0.15) is 6.61 Å². The SMILES string of the molecule is CCCCCOC(CC)OOCC(C)O. The van der Waals surface area contributed by atoms with Crippen LogP contribution in [0, 0.1) is 0 Å². The average Bonchev–Trinajstić information content (AvgIpc) is 2.21. The van der Waals surface area contributed by atoms with Crippen LogP contribution < -0.4 is 0 Å². The summed E-state index contributed by atoms with van der Waals surface area (Å²) in [5.41, 5.74) is 0. The van der Waals surface area contributed by atoms with Crippen molar-refractivity contribution in [3.8, 4) is 0 Å². The van der Waals surface area contributed by atoms with E-state index >= 15 is 0 Å². The second-order valence-corrected chi connectivity index (χ2v) is 3.65. The number of unbranched alkanes of at least 4 members (excludes halogenated alkanes) is 2. The summed E-state index contributed by atoms with van der Waals surface area (Å²) in [4.78, 5) is 9.83. The summed E-state index contributed by atoms with van der Waals surface area (Å²) < 4.78 is 5.45. The fourth-order valence-electron chi connectivity index (χ4n) is 0.994. The molecule has 0 bridgehead atoms. The van der Waals surface area contributed by atoms with Crippen LogP contribution in [0.3, 0.4) is 0 Å². The fraction of sp³-hybridized carbons (Fsp3) is 1.00. The topological polar surface area (TPSA) is 47.9 Å². The highest BCUT2D eigenvalue weighted by Crippen LogP contribution is 2.04. The fourth-order valence-corrected chi connectivity index (χ4v) is 0.994. The van der Waals surface area contributed by atoms with Gasteiger partial charge in [0.05, 0.1) is 6.10 Å². The highest BCUT2D eigenvalue weighted by Gasteiger charge is 2.08. The highest BCUT2D eigenvalue weighted by atomic mass is 17.2. The Morgan fingerprint density at radius 3 is 2.47 bits per heavy atom. The molecule has 0 heterocycles. The summed E-state index contributed by atoms with van der Waals surface area (Å²) in [6.45, 7) is 6.64. The quantitative estimate of drug-likeness (QED) is 0.265. The first-order valence-corrected chi connectivity index (χ1v) is 5.78. The van der Waals surface area contributed by atoms with Crippen molar-refractivity contribution >= 4 is 0 Å². The van der Waals surface area contributed by atoms with Gasteiger partial charge in [-0.15, -0.1) is 0 Å². The molecule has 0 saturated heterocycles. The molecule has 92 valence electrons. The summed E-state index contributed by atoms with van der Waals surface area (Å²) in [5, 5.41) is 8.94. The molecule has 15 heavy (non-hydrogen) atoms. The standard InChI is InChI=1S/C11H24O4/c1-4-6-7-8-13-11(5-2)15-14-9-10(3)12/h10-12H,4-9H2,1-3H3. The maximum absolute atomic E-state index is 8.94. The van der Waals surface area contributed by atoms with E-state index in [1.165, 1.54) is 12.8 Å². The molecule has 0 spiro atoms. The third-order valence-electron chi connectivity index (χ3n) is 1.87. The van der Waals surface area contributed by atoms with Gasteiger partial charge in [0.25, 0.3) is 0 Å². The Labute approximate surface area is 92.5 Å². The number of aliphatic hydroxyl groups is 1. The van der Waals surface area contributed by atoms with Gasteiger partial charge in [-0.05, 0) is 19.8 Å². The molecule has 0 aliphatic heterocycles. The smallest absolute Gasteiger partial charge is 0.190 e. The number of aliphatic hydroxyl groups excluding tert-OH is 1. The van der Waals surface area contributed by atoms with Crippen molar-refractivity contribution in [2.45, 2.75) is 58.8 Å². The van der Waals surface area contributed by atoms with E-state index in [0.717, 1.165) is 12.8 Å². The van der Waals surface area contributed by atoms with E-state index in [0.29, 0.717) is 6.61 Å². The normalized spacial score (nSPS) is 15.2. The van der Waals surface area contributed by atoms with Crippen LogP contribution in [0.2, 0.25) is 0 Å². The van der Waals surface area contributed by atoms with Crippen LogP contribution in [0.25, 0.3) is 0 Å². The minimum atomic E-state index is -0.511. The molecule has 0 saturated carbocycles. The third kappa shape index (κ3) is 10.1. The van der Waals surface area contributed by atoms with Crippen LogP contribution in [-0.4, -0.2) is 30.7 Å². The Bertz CT molecular complexity index is 128. The maximum atomic E-state index is 8.94. The number of rotatable bonds is 10. The summed E-state index contributed by atoms with van der Waals surface area (Å²) in [5.74, 6) is 0. The number of hydrogen-bond donors (Lipinski definition) is 1. The van der Waals surface area contributed by atoms with Crippen molar-refractivity contribution in [3.63, 3.8) is 0 Å². The molecule has 0 radical (unpaired) electrons. The van der Waals surface area contributed by atoms with Gasteiger partial charge in [0.2, 0.25) is 0 Å². The zero-order valence-corrected chi connectivity index (χ0v) is 10.1. The van der Waals surface area contributed by atoms with E-state index in [4.69, 9.17) is 19.6 Å². The first-order chi connectivity index (χ1) is 7.20. The van der Waals surface area contributed by atoms with E-state index in [1.807, 2.05) is 6.92 Å². The molecule has 2 unspecified atom stereocenters. The van der Waals surface area contributed by atoms with E-state index in [1.54, 1.807) is 6.92 Å². The second-order valence-electron chi connectivity index (χ2n) is 3.65. The zero-order chi connectivity index (χ0) is 11.5. The lowest BCUT2D eigenvalue weighted by molar-refractivity contribution is -0.384. The van der Waals surface area contributed by atoms with Crippen molar-refractivity contribution in [3.05, 3.63) is 0 Å². The first kappa shape index (κ1) is 14.8. The van der Waals surface area contributed by atoms with Crippen LogP contribution in [0.4, 0.5) is 0 Å². The van der Waals surface area contributed by atoms with Gasteiger partial charge < -0.3 is 9.84 Å². The van der Waals surface area contributed by atoms with Gasteiger partial charge in [-0.3, -0.25) is 0 Å². The molecule has 0 aromatic carbocycles. The van der Waals surface area contributed by atoms with Crippen LogP contribution in [0.15, 0.2) is 0 Å². The highest BCUT2D eigenvalue weighted by molar-refractivity contribution is 4.41. The van der Waals surface area contributed by atoms with Crippen molar-refractivity contribution in [1.82, 2.24) is 0 Å². The molecule has 4 heteroatoms. The largest absolute Gasteiger partial charge is 0.391 e. The summed E-state index contributed by atoms with van der Waals surface area (Å²) in [6.07, 6.45) is 3.31. The Balaban J connectivity index is 3.38. The second kappa shape index (κ2) is 10.4. The van der Waals surface area contributed by atoms with Crippen LogP contribution in [0.1, 0.15) is 46.5 Å². The van der Waals surface area contributed by atoms with Gasteiger partial charge in [0, 0.05) is 6.61 Å². The van der Waals surface area contributed by atoms with Crippen molar-refractivity contribution in [2.75, 3.05) is 13.2 Å². The Hall–Kier alpha value is -0.160. The molecular weight excluding hydrogens is 196 g/mol. The van der Waals surface area contributed by atoms with Crippen molar-refractivity contribution in [2.24, 2.45) is 0 Å². The molecule has 2 atom stereocenters. The van der Waals surface area contributed by atoms with Crippen LogP contribution in [0.5, 0.6) is 0 Å². The molecular formula is C11H24O4. The van der Waals surface area contributed by atoms with Crippen molar-refractivity contribution < 1.29 is 19.6 Å². The monoisotopic (exact) mass is 220 g/mol. The summed E-state index contributed by atoms with van der Waals surface area (Å²) in [7, 11) is 0.